The lowest BCUT2D eigenvalue weighted by atomic mass is 10.0. The van der Waals surface area contributed by atoms with Crippen LogP contribution in [0.15, 0.2) is 79.3 Å². The molecule has 130 valence electrons. The molecule has 0 aliphatic carbocycles. The second-order valence-electron chi connectivity index (χ2n) is 6.31. The van der Waals surface area contributed by atoms with Crippen LogP contribution in [-0.4, -0.2) is 19.9 Å². The summed E-state index contributed by atoms with van der Waals surface area (Å²) in [5, 5.41) is 2.21. The van der Waals surface area contributed by atoms with Crippen molar-refractivity contribution in [3.8, 4) is 17.1 Å². The molecule has 0 spiro atoms. The van der Waals surface area contributed by atoms with E-state index < -0.39 is 0 Å². The zero-order chi connectivity index (χ0) is 18.1. The van der Waals surface area contributed by atoms with Crippen LogP contribution in [0, 0.1) is 0 Å². The van der Waals surface area contributed by atoms with Crippen molar-refractivity contribution in [2.75, 3.05) is 0 Å². The summed E-state index contributed by atoms with van der Waals surface area (Å²) in [7, 11) is 0. The van der Waals surface area contributed by atoms with Crippen molar-refractivity contribution >= 4 is 21.9 Å². The van der Waals surface area contributed by atoms with E-state index in [9.17, 15) is 0 Å². The van der Waals surface area contributed by atoms with Gasteiger partial charge in [0.1, 0.15) is 30.0 Å². The molecule has 27 heavy (non-hydrogen) atoms. The Balaban J connectivity index is 1.49. The number of hydrogen-bond donors (Lipinski definition) is 1. The number of rotatable bonds is 4. The van der Waals surface area contributed by atoms with Crippen molar-refractivity contribution in [3.05, 3.63) is 84.8 Å². The van der Waals surface area contributed by atoms with E-state index in [0.29, 0.717) is 12.3 Å². The second-order valence-corrected chi connectivity index (χ2v) is 6.31. The summed E-state index contributed by atoms with van der Waals surface area (Å²) in [5.74, 6) is 1.63. The quantitative estimate of drug-likeness (QED) is 0.507. The van der Waals surface area contributed by atoms with E-state index in [-0.39, 0.29) is 0 Å². The topological polar surface area (TPSA) is 63.7 Å². The van der Waals surface area contributed by atoms with Crippen molar-refractivity contribution < 1.29 is 4.74 Å². The number of ether oxygens (including phenoxy) is 1. The maximum atomic E-state index is 5.95. The van der Waals surface area contributed by atoms with Gasteiger partial charge < -0.3 is 9.72 Å². The molecule has 0 aliphatic rings. The monoisotopic (exact) mass is 352 g/mol. The molecule has 1 N–H and O–H groups in total. The highest BCUT2D eigenvalue weighted by Gasteiger charge is 2.10. The molecule has 0 saturated heterocycles. The van der Waals surface area contributed by atoms with E-state index in [1.165, 1.54) is 6.33 Å². The number of imidazole rings is 1. The molecule has 0 aliphatic heterocycles. The van der Waals surface area contributed by atoms with Gasteiger partial charge in [-0.15, -0.1) is 0 Å². The molecule has 3 aromatic carbocycles. The lowest BCUT2D eigenvalue weighted by Crippen LogP contribution is -1.95. The highest BCUT2D eigenvalue weighted by Crippen LogP contribution is 2.30. The molecule has 5 aromatic rings. The maximum Gasteiger partial charge on any atom is 0.181 e. The fourth-order valence-corrected chi connectivity index (χ4v) is 3.19. The van der Waals surface area contributed by atoms with E-state index >= 15 is 0 Å². The minimum Gasteiger partial charge on any atom is -0.489 e. The first-order valence-electron chi connectivity index (χ1n) is 8.72. The van der Waals surface area contributed by atoms with Gasteiger partial charge in [-0.25, -0.2) is 15.0 Å². The minimum atomic E-state index is 0.550. The third-order valence-corrected chi connectivity index (χ3v) is 4.52. The van der Waals surface area contributed by atoms with E-state index in [2.05, 4.69) is 56.3 Å². The largest absolute Gasteiger partial charge is 0.489 e. The Hall–Kier alpha value is -3.73. The van der Waals surface area contributed by atoms with Gasteiger partial charge in [-0.3, -0.25) is 0 Å². The van der Waals surface area contributed by atoms with Gasteiger partial charge in [-0.05, 0) is 34.5 Å². The van der Waals surface area contributed by atoms with Crippen LogP contribution >= 0.6 is 0 Å². The maximum absolute atomic E-state index is 5.95. The van der Waals surface area contributed by atoms with Crippen LogP contribution in [0.3, 0.4) is 0 Å². The summed E-state index contributed by atoms with van der Waals surface area (Å²) >= 11 is 0. The first-order valence-corrected chi connectivity index (χ1v) is 8.72. The molecule has 0 atom stereocenters. The van der Waals surface area contributed by atoms with Gasteiger partial charge in [0.15, 0.2) is 5.65 Å². The predicted octanol–water partition coefficient (Wildman–Crippen LogP) is 4.75. The second kappa shape index (κ2) is 6.53. The van der Waals surface area contributed by atoms with Crippen LogP contribution in [-0.2, 0) is 6.61 Å². The summed E-state index contributed by atoms with van der Waals surface area (Å²) in [4.78, 5) is 16.1. The number of benzene rings is 3. The van der Waals surface area contributed by atoms with Gasteiger partial charge in [0.25, 0.3) is 0 Å². The first kappa shape index (κ1) is 15.5. The average Bonchev–Trinajstić information content (AvgIpc) is 3.16. The summed E-state index contributed by atoms with van der Waals surface area (Å²) in [6, 6.07) is 22.4. The minimum absolute atomic E-state index is 0.550. The van der Waals surface area contributed by atoms with Crippen LogP contribution in [0.1, 0.15) is 5.56 Å². The third kappa shape index (κ3) is 3.00. The number of aromatic amines is 1. The van der Waals surface area contributed by atoms with E-state index in [0.717, 1.165) is 39.0 Å². The van der Waals surface area contributed by atoms with Crippen molar-refractivity contribution in [1.29, 1.82) is 0 Å². The van der Waals surface area contributed by atoms with Gasteiger partial charge in [0, 0.05) is 5.56 Å². The Morgan fingerprint density at radius 2 is 1.85 bits per heavy atom. The molecule has 0 radical (unpaired) electrons. The van der Waals surface area contributed by atoms with Crippen LogP contribution in [0.5, 0.6) is 5.75 Å². The van der Waals surface area contributed by atoms with E-state index in [1.54, 1.807) is 6.20 Å². The van der Waals surface area contributed by atoms with Crippen molar-refractivity contribution in [2.24, 2.45) is 0 Å². The number of nitrogens with one attached hydrogen (secondary N) is 1. The molecular formula is C22H16N4O. The van der Waals surface area contributed by atoms with Crippen LogP contribution in [0.4, 0.5) is 0 Å². The third-order valence-electron chi connectivity index (χ3n) is 4.52. The molecule has 5 rings (SSSR count). The summed E-state index contributed by atoms with van der Waals surface area (Å²) < 4.78 is 5.95. The average molecular weight is 352 g/mol. The number of nitrogens with zero attached hydrogens (tertiary/aromatic N) is 3. The Kier molecular flexibility index (Phi) is 3.76. The van der Waals surface area contributed by atoms with Crippen LogP contribution in [0.25, 0.3) is 33.3 Å². The Morgan fingerprint density at radius 1 is 0.926 bits per heavy atom. The van der Waals surface area contributed by atoms with Crippen LogP contribution in [0.2, 0.25) is 0 Å². The Morgan fingerprint density at radius 3 is 2.74 bits per heavy atom. The molecular weight excluding hydrogens is 336 g/mol. The molecule has 0 saturated carbocycles. The highest BCUT2D eigenvalue weighted by molar-refractivity contribution is 5.96. The lowest BCUT2D eigenvalue weighted by Gasteiger charge is -2.09. The number of aromatic nitrogens is 4. The molecule has 5 nitrogen and oxygen atoms in total. The van der Waals surface area contributed by atoms with Gasteiger partial charge in [0.2, 0.25) is 0 Å². The van der Waals surface area contributed by atoms with E-state index in [4.69, 9.17) is 4.74 Å². The van der Waals surface area contributed by atoms with Gasteiger partial charge in [0.05, 0.1) is 6.20 Å². The fraction of sp³-hybridized carbons (Fsp3) is 0.0455. The Labute approximate surface area is 155 Å². The summed E-state index contributed by atoms with van der Waals surface area (Å²) in [6.07, 6.45) is 3.24. The number of H-pyrrole nitrogens is 1. The normalized spacial score (nSPS) is 11.1. The van der Waals surface area contributed by atoms with E-state index in [1.807, 2.05) is 30.3 Å². The van der Waals surface area contributed by atoms with Crippen LogP contribution < -0.4 is 4.74 Å². The lowest BCUT2D eigenvalue weighted by molar-refractivity contribution is 0.306. The van der Waals surface area contributed by atoms with Gasteiger partial charge >= 0.3 is 0 Å². The first-order chi connectivity index (χ1) is 13.4. The zero-order valence-corrected chi connectivity index (χ0v) is 14.5. The van der Waals surface area contributed by atoms with Gasteiger partial charge in [-0.1, -0.05) is 48.5 Å². The highest BCUT2D eigenvalue weighted by atomic mass is 16.5. The van der Waals surface area contributed by atoms with Crippen molar-refractivity contribution in [3.63, 3.8) is 0 Å². The predicted molar refractivity (Wildman–Crippen MR) is 105 cm³/mol. The molecule has 0 fully saturated rings. The Bertz CT molecular complexity index is 1200. The van der Waals surface area contributed by atoms with Crippen molar-refractivity contribution in [2.45, 2.75) is 6.61 Å². The van der Waals surface area contributed by atoms with Gasteiger partial charge in [-0.2, -0.15) is 0 Å². The standard InChI is InChI=1S/C22H16N4O/c1-2-5-15(6-3-1)13-27-17-9-10-18-16(11-17)7-4-8-19(18)21-25-20-12-23-14-24-22(20)26-21/h1-12,14H,13H2,(H,23,24,25,26). The zero-order valence-electron chi connectivity index (χ0n) is 14.5. The van der Waals surface area contributed by atoms with Crippen molar-refractivity contribution in [1.82, 2.24) is 19.9 Å². The summed E-state index contributed by atoms with van der Waals surface area (Å²) in [6.45, 7) is 0.550. The number of fused-ring (bicyclic) bond motifs is 2. The SMILES string of the molecule is c1ccc(COc2ccc3c(-c4nc5ncncc5[nH]4)cccc3c2)cc1. The molecule has 0 amide bonds. The molecule has 2 aromatic heterocycles. The smallest absolute Gasteiger partial charge is 0.181 e. The molecule has 5 heteroatoms. The molecule has 0 unspecified atom stereocenters. The summed E-state index contributed by atoms with van der Waals surface area (Å²) in [5.41, 5.74) is 3.67. The molecule has 2 heterocycles. The fourth-order valence-electron chi connectivity index (χ4n) is 3.19. The number of hydrogen-bond acceptors (Lipinski definition) is 4. The molecule has 0 bridgehead atoms.